The van der Waals surface area contributed by atoms with Gasteiger partial charge in [-0.25, -0.2) is 9.97 Å². The van der Waals surface area contributed by atoms with Crippen molar-refractivity contribution in [2.75, 3.05) is 11.9 Å². The van der Waals surface area contributed by atoms with Gasteiger partial charge in [-0.05, 0) is 24.6 Å². The lowest BCUT2D eigenvalue weighted by atomic mass is 10.2. The second-order valence-electron chi connectivity index (χ2n) is 5.71. The Morgan fingerprint density at radius 1 is 1.21 bits per heavy atom. The summed E-state index contributed by atoms with van der Waals surface area (Å²) in [5, 5.41) is 3.40. The third-order valence-electron chi connectivity index (χ3n) is 3.81. The molecule has 3 rings (SSSR count). The number of unbranched alkanes of at least 4 members (excludes halogenated alkanes) is 2. The summed E-state index contributed by atoms with van der Waals surface area (Å²) in [6.45, 7) is 2.97. The van der Waals surface area contributed by atoms with Gasteiger partial charge < -0.3 is 9.72 Å². The molecule has 0 saturated heterocycles. The fraction of sp³-hybridized carbons (Fsp3) is 0.316. The van der Waals surface area contributed by atoms with Crippen molar-refractivity contribution in [2.24, 2.45) is 0 Å². The van der Waals surface area contributed by atoms with Crippen LogP contribution in [0.2, 0.25) is 0 Å². The zero-order chi connectivity index (χ0) is 16.6. The maximum absolute atomic E-state index is 4.70. The minimum Gasteiger partial charge on any atom is -0.367 e. The van der Waals surface area contributed by atoms with Crippen molar-refractivity contribution in [3.63, 3.8) is 0 Å². The maximum atomic E-state index is 4.70. The maximum Gasteiger partial charge on any atom is 0.180 e. The van der Waals surface area contributed by atoms with E-state index in [0.29, 0.717) is 0 Å². The quantitative estimate of drug-likeness (QED) is 0.638. The second kappa shape index (κ2) is 8.24. The fourth-order valence-electron chi connectivity index (χ4n) is 2.53. The molecule has 0 atom stereocenters. The standard InChI is InChI=1S/C19H23N5/c1-2-3-4-5-9-17-15-24-14-13-22-19(24)18(23-17)21-12-10-16-8-6-7-11-20-16/h5-9,11,13-15H,2-4,10,12H2,1H3,(H,21,23)/b9-5+. The first-order valence-electron chi connectivity index (χ1n) is 8.51. The number of rotatable bonds is 8. The van der Waals surface area contributed by atoms with Crippen LogP contribution in [0.15, 0.2) is 49.1 Å². The molecule has 3 aromatic heterocycles. The van der Waals surface area contributed by atoms with E-state index >= 15 is 0 Å². The summed E-state index contributed by atoms with van der Waals surface area (Å²) >= 11 is 0. The fourth-order valence-corrected chi connectivity index (χ4v) is 2.53. The topological polar surface area (TPSA) is 55.1 Å². The van der Waals surface area contributed by atoms with Crippen LogP contribution in [0.4, 0.5) is 5.82 Å². The van der Waals surface area contributed by atoms with Crippen LogP contribution >= 0.6 is 0 Å². The molecule has 0 aromatic carbocycles. The molecule has 24 heavy (non-hydrogen) atoms. The number of anilines is 1. The molecule has 0 aliphatic heterocycles. The van der Waals surface area contributed by atoms with Crippen LogP contribution < -0.4 is 5.32 Å². The molecular formula is C19H23N5. The molecule has 124 valence electrons. The van der Waals surface area contributed by atoms with Crippen LogP contribution in [-0.4, -0.2) is 25.9 Å². The molecule has 0 aliphatic rings. The Bertz CT molecular complexity index is 792. The lowest BCUT2D eigenvalue weighted by Gasteiger charge is -2.08. The SMILES string of the molecule is CCCC/C=C/c1cn2ccnc2c(NCCc2ccccn2)n1. The van der Waals surface area contributed by atoms with Gasteiger partial charge in [-0.3, -0.25) is 4.98 Å². The minimum absolute atomic E-state index is 0.773. The monoisotopic (exact) mass is 321 g/mol. The average Bonchev–Trinajstić information content (AvgIpc) is 3.08. The highest BCUT2D eigenvalue weighted by atomic mass is 15.1. The minimum atomic E-state index is 0.773. The van der Waals surface area contributed by atoms with Gasteiger partial charge in [0.25, 0.3) is 0 Å². The molecule has 0 unspecified atom stereocenters. The number of hydrogen-bond acceptors (Lipinski definition) is 4. The highest BCUT2D eigenvalue weighted by Crippen LogP contribution is 2.15. The number of pyridine rings is 1. The number of aromatic nitrogens is 4. The molecule has 0 fully saturated rings. The van der Waals surface area contributed by atoms with Crippen molar-refractivity contribution < 1.29 is 0 Å². The van der Waals surface area contributed by atoms with Gasteiger partial charge in [0.1, 0.15) is 0 Å². The van der Waals surface area contributed by atoms with E-state index in [1.54, 1.807) is 6.20 Å². The number of hydrogen-bond donors (Lipinski definition) is 1. The largest absolute Gasteiger partial charge is 0.367 e. The van der Waals surface area contributed by atoms with Gasteiger partial charge in [0.2, 0.25) is 0 Å². The second-order valence-corrected chi connectivity index (χ2v) is 5.71. The first-order valence-corrected chi connectivity index (χ1v) is 8.51. The van der Waals surface area contributed by atoms with Crippen molar-refractivity contribution >= 4 is 17.5 Å². The van der Waals surface area contributed by atoms with Crippen molar-refractivity contribution in [1.82, 2.24) is 19.4 Å². The van der Waals surface area contributed by atoms with Crippen molar-refractivity contribution in [1.29, 1.82) is 0 Å². The van der Waals surface area contributed by atoms with Crippen LogP contribution in [0.5, 0.6) is 0 Å². The molecule has 5 nitrogen and oxygen atoms in total. The van der Waals surface area contributed by atoms with Crippen LogP contribution in [-0.2, 0) is 6.42 Å². The molecule has 0 bridgehead atoms. The lowest BCUT2D eigenvalue weighted by molar-refractivity contribution is 0.816. The molecule has 5 heteroatoms. The molecule has 0 saturated carbocycles. The molecule has 3 aromatic rings. The Balaban J connectivity index is 1.71. The number of fused-ring (bicyclic) bond motifs is 1. The summed E-state index contributed by atoms with van der Waals surface area (Å²) in [6.07, 6.45) is 16.2. The van der Waals surface area contributed by atoms with E-state index in [4.69, 9.17) is 4.98 Å². The Labute approximate surface area is 142 Å². The highest BCUT2D eigenvalue weighted by Gasteiger charge is 2.06. The Morgan fingerprint density at radius 2 is 2.17 bits per heavy atom. The van der Waals surface area contributed by atoms with Gasteiger partial charge in [-0.2, -0.15) is 0 Å². The van der Waals surface area contributed by atoms with E-state index in [9.17, 15) is 0 Å². The van der Waals surface area contributed by atoms with Crippen molar-refractivity contribution in [3.8, 4) is 0 Å². The molecule has 0 radical (unpaired) electrons. The normalized spacial score (nSPS) is 11.4. The summed E-state index contributed by atoms with van der Waals surface area (Å²) in [6, 6.07) is 5.98. The summed E-state index contributed by atoms with van der Waals surface area (Å²) in [5.74, 6) is 0.813. The highest BCUT2D eigenvalue weighted by molar-refractivity contribution is 5.65. The Kier molecular flexibility index (Phi) is 5.56. The van der Waals surface area contributed by atoms with Crippen LogP contribution in [0.3, 0.4) is 0 Å². The molecule has 0 aliphatic carbocycles. The first-order chi connectivity index (χ1) is 11.9. The van der Waals surface area contributed by atoms with Gasteiger partial charge in [-0.1, -0.05) is 31.9 Å². The number of nitrogens with zero attached hydrogens (tertiary/aromatic N) is 4. The lowest BCUT2D eigenvalue weighted by Crippen LogP contribution is -2.09. The predicted octanol–water partition coefficient (Wildman–Crippen LogP) is 3.98. The predicted molar refractivity (Wildman–Crippen MR) is 98.0 cm³/mol. The molecule has 0 amide bonds. The smallest absolute Gasteiger partial charge is 0.180 e. The van der Waals surface area contributed by atoms with E-state index < -0.39 is 0 Å². The van der Waals surface area contributed by atoms with Crippen molar-refractivity contribution in [2.45, 2.75) is 32.6 Å². The van der Waals surface area contributed by atoms with Gasteiger partial charge in [-0.15, -0.1) is 0 Å². The van der Waals surface area contributed by atoms with Crippen LogP contribution in [0, 0.1) is 0 Å². The molecular weight excluding hydrogens is 298 g/mol. The first kappa shape index (κ1) is 16.2. The number of allylic oxidation sites excluding steroid dienone is 1. The Morgan fingerprint density at radius 3 is 3.00 bits per heavy atom. The van der Waals surface area contributed by atoms with E-state index in [2.05, 4.69) is 34.4 Å². The summed E-state index contributed by atoms with van der Waals surface area (Å²) in [4.78, 5) is 13.4. The third kappa shape index (κ3) is 4.19. The van der Waals surface area contributed by atoms with Crippen LogP contribution in [0.25, 0.3) is 11.7 Å². The van der Waals surface area contributed by atoms with Gasteiger partial charge in [0.15, 0.2) is 11.5 Å². The van der Waals surface area contributed by atoms with E-state index in [1.165, 1.54) is 12.8 Å². The Hall–Kier alpha value is -2.69. The van der Waals surface area contributed by atoms with Gasteiger partial charge >= 0.3 is 0 Å². The summed E-state index contributed by atoms with van der Waals surface area (Å²) < 4.78 is 2.01. The molecule has 1 N–H and O–H groups in total. The third-order valence-corrected chi connectivity index (χ3v) is 3.81. The van der Waals surface area contributed by atoms with Crippen molar-refractivity contribution in [3.05, 3.63) is 60.5 Å². The molecule has 0 spiro atoms. The van der Waals surface area contributed by atoms with Crippen LogP contribution in [0.1, 0.15) is 37.6 Å². The average molecular weight is 321 g/mol. The molecule has 3 heterocycles. The van der Waals surface area contributed by atoms with E-state index in [1.807, 2.05) is 41.2 Å². The van der Waals surface area contributed by atoms with Gasteiger partial charge in [0, 0.05) is 43.4 Å². The summed E-state index contributed by atoms with van der Waals surface area (Å²) in [5.41, 5.74) is 2.86. The number of nitrogens with one attached hydrogen (secondary N) is 1. The zero-order valence-corrected chi connectivity index (χ0v) is 14.0. The van der Waals surface area contributed by atoms with E-state index in [0.717, 1.165) is 42.2 Å². The number of imidazole rings is 1. The van der Waals surface area contributed by atoms with E-state index in [-0.39, 0.29) is 0 Å². The summed E-state index contributed by atoms with van der Waals surface area (Å²) in [7, 11) is 0. The van der Waals surface area contributed by atoms with Gasteiger partial charge in [0.05, 0.1) is 5.69 Å². The zero-order valence-electron chi connectivity index (χ0n) is 14.0.